The molecule has 0 spiro atoms. The topological polar surface area (TPSA) is 44.4 Å². The monoisotopic (exact) mass is 199 g/mol. The van der Waals surface area contributed by atoms with Crippen LogP contribution in [-0.4, -0.2) is 50.6 Å². The predicted molar refractivity (Wildman–Crippen MR) is 57.2 cm³/mol. The molecule has 1 aliphatic carbocycles. The van der Waals surface area contributed by atoms with Crippen molar-refractivity contribution in [2.45, 2.75) is 25.3 Å². The summed E-state index contributed by atoms with van der Waals surface area (Å²) in [5, 5.41) is 5.87. The van der Waals surface area contributed by atoms with Gasteiger partial charge in [0.15, 0.2) is 0 Å². The van der Waals surface area contributed by atoms with Crippen LogP contribution in [0, 0.1) is 0 Å². The molecule has 1 fully saturated rings. The standard InChI is InChI=1S/C10H21N3O/c1-11-10(14)5-6-12-7-8-13(2)9-3-4-9/h9,12H,3-8H2,1-2H3,(H,11,14). The minimum Gasteiger partial charge on any atom is -0.359 e. The average Bonchev–Trinajstić information content (AvgIpc) is 2.99. The summed E-state index contributed by atoms with van der Waals surface area (Å²) < 4.78 is 0. The molecule has 0 radical (unpaired) electrons. The summed E-state index contributed by atoms with van der Waals surface area (Å²) in [5.74, 6) is 0.105. The Bertz CT molecular complexity index is 180. The first kappa shape index (κ1) is 11.5. The molecule has 0 unspecified atom stereocenters. The first-order valence-corrected chi connectivity index (χ1v) is 5.35. The van der Waals surface area contributed by atoms with Crippen LogP contribution in [0.3, 0.4) is 0 Å². The van der Waals surface area contributed by atoms with Crippen LogP contribution in [-0.2, 0) is 4.79 Å². The van der Waals surface area contributed by atoms with E-state index in [0.717, 1.165) is 25.7 Å². The molecule has 1 amide bonds. The normalized spacial score (nSPS) is 15.9. The van der Waals surface area contributed by atoms with E-state index in [1.165, 1.54) is 12.8 Å². The average molecular weight is 199 g/mol. The van der Waals surface area contributed by atoms with Crippen molar-refractivity contribution in [3.63, 3.8) is 0 Å². The molecule has 0 bridgehead atoms. The van der Waals surface area contributed by atoms with E-state index < -0.39 is 0 Å². The molecule has 0 aromatic carbocycles. The molecule has 0 aliphatic heterocycles. The number of amides is 1. The molecule has 0 saturated heterocycles. The SMILES string of the molecule is CNC(=O)CCNCCN(C)C1CC1. The number of nitrogens with zero attached hydrogens (tertiary/aromatic N) is 1. The fraction of sp³-hybridized carbons (Fsp3) is 0.900. The van der Waals surface area contributed by atoms with Crippen molar-refractivity contribution < 1.29 is 4.79 Å². The maximum Gasteiger partial charge on any atom is 0.221 e. The van der Waals surface area contributed by atoms with Gasteiger partial charge in [0, 0.05) is 39.1 Å². The van der Waals surface area contributed by atoms with E-state index in [2.05, 4.69) is 22.6 Å². The molecule has 0 heterocycles. The van der Waals surface area contributed by atoms with Crippen LogP contribution in [0.1, 0.15) is 19.3 Å². The van der Waals surface area contributed by atoms with Crippen molar-refractivity contribution >= 4 is 5.91 Å². The molecule has 1 saturated carbocycles. The lowest BCUT2D eigenvalue weighted by atomic mass is 10.4. The van der Waals surface area contributed by atoms with E-state index in [4.69, 9.17) is 0 Å². The van der Waals surface area contributed by atoms with Gasteiger partial charge in [-0.25, -0.2) is 0 Å². The van der Waals surface area contributed by atoms with Crippen molar-refractivity contribution in [3.05, 3.63) is 0 Å². The third-order valence-corrected chi connectivity index (χ3v) is 2.62. The summed E-state index contributed by atoms with van der Waals surface area (Å²) in [6, 6.07) is 0.829. The van der Waals surface area contributed by atoms with Crippen LogP contribution in [0.25, 0.3) is 0 Å². The van der Waals surface area contributed by atoms with Gasteiger partial charge in [0.05, 0.1) is 0 Å². The lowest BCUT2D eigenvalue weighted by molar-refractivity contribution is -0.120. The number of hydrogen-bond donors (Lipinski definition) is 2. The van der Waals surface area contributed by atoms with Gasteiger partial charge in [-0.05, 0) is 19.9 Å². The zero-order valence-corrected chi connectivity index (χ0v) is 9.18. The Kier molecular flexibility index (Phi) is 4.90. The number of hydrogen-bond acceptors (Lipinski definition) is 3. The van der Waals surface area contributed by atoms with E-state index in [1.807, 2.05) is 0 Å². The van der Waals surface area contributed by atoms with E-state index in [9.17, 15) is 4.79 Å². The van der Waals surface area contributed by atoms with Crippen molar-refractivity contribution in [2.75, 3.05) is 33.7 Å². The lowest BCUT2D eigenvalue weighted by Crippen LogP contribution is -2.32. The highest BCUT2D eigenvalue weighted by Gasteiger charge is 2.25. The Hall–Kier alpha value is -0.610. The Labute approximate surface area is 86.0 Å². The van der Waals surface area contributed by atoms with Gasteiger partial charge in [-0.3, -0.25) is 4.79 Å². The molecule has 1 rings (SSSR count). The van der Waals surface area contributed by atoms with Crippen molar-refractivity contribution in [3.8, 4) is 0 Å². The zero-order chi connectivity index (χ0) is 10.4. The molecule has 0 aromatic rings. The molecule has 4 heteroatoms. The molecule has 2 N–H and O–H groups in total. The highest BCUT2D eigenvalue weighted by molar-refractivity contribution is 5.75. The molecule has 0 aromatic heterocycles. The number of nitrogens with one attached hydrogen (secondary N) is 2. The van der Waals surface area contributed by atoms with Gasteiger partial charge in [-0.15, -0.1) is 0 Å². The quantitative estimate of drug-likeness (QED) is 0.558. The maximum absolute atomic E-state index is 10.9. The number of rotatable bonds is 7. The van der Waals surface area contributed by atoms with Crippen molar-refractivity contribution in [2.24, 2.45) is 0 Å². The maximum atomic E-state index is 10.9. The van der Waals surface area contributed by atoms with Gasteiger partial charge in [-0.1, -0.05) is 0 Å². The van der Waals surface area contributed by atoms with Gasteiger partial charge in [0.25, 0.3) is 0 Å². The molecule has 82 valence electrons. The zero-order valence-electron chi connectivity index (χ0n) is 9.18. The van der Waals surface area contributed by atoms with Gasteiger partial charge in [0.1, 0.15) is 0 Å². The first-order chi connectivity index (χ1) is 6.74. The largest absolute Gasteiger partial charge is 0.359 e. The van der Waals surface area contributed by atoms with Gasteiger partial charge in [0.2, 0.25) is 5.91 Å². The first-order valence-electron chi connectivity index (χ1n) is 5.35. The number of likely N-dealkylation sites (N-methyl/N-ethyl adjacent to an activating group) is 1. The molecular formula is C10H21N3O. The van der Waals surface area contributed by atoms with Crippen molar-refractivity contribution in [1.29, 1.82) is 0 Å². The summed E-state index contributed by atoms with van der Waals surface area (Å²) in [6.07, 6.45) is 3.28. The number of carbonyl (C=O) groups excluding carboxylic acids is 1. The number of carbonyl (C=O) groups is 1. The van der Waals surface area contributed by atoms with E-state index >= 15 is 0 Å². The Morgan fingerprint density at radius 3 is 2.71 bits per heavy atom. The molecule has 4 nitrogen and oxygen atoms in total. The van der Waals surface area contributed by atoms with Crippen LogP contribution < -0.4 is 10.6 Å². The van der Waals surface area contributed by atoms with Gasteiger partial charge in [-0.2, -0.15) is 0 Å². The summed E-state index contributed by atoms with van der Waals surface area (Å²) in [5.41, 5.74) is 0. The Morgan fingerprint density at radius 1 is 1.43 bits per heavy atom. The molecule has 1 aliphatic rings. The molecule has 14 heavy (non-hydrogen) atoms. The molecule has 0 atom stereocenters. The smallest absolute Gasteiger partial charge is 0.221 e. The van der Waals surface area contributed by atoms with Gasteiger partial charge >= 0.3 is 0 Å². The summed E-state index contributed by atoms with van der Waals surface area (Å²) in [7, 11) is 3.83. The third kappa shape index (κ3) is 4.58. The second-order valence-corrected chi connectivity index (χ2v) is 3.88. The fourth-order valence-corrected chi connectivity index (χ4v) is 1.41. The van der Waals surface area contributed by atoms with Gasteiger partial charge < -0.3 is 15.5 Å². The summed E-state index contributed by atoms with van der Waals surface area (Å²) in [6.45, 7) is 2.83. The second kappa shape index (κ2) is 5.98. The predicted octanol–water partition coefficient (Wildman–Crippen LogP) is -0.194. The lowest BCUT2D eigenvalue weighted by Gasteiger charge is -2.15. The van der Waals surface area contributed by atoms with Crippen molar-refractivity contribution in [1.82, 2.24) is 15.5 Å². The minimum atomic E-state index is 0.105. The third-order valence-electron chi connectivity index (χ3n) is 2.62. The Balaban J connectivity index is 1.86. The van der Waals surface area contributed by atoms with Crippen LogP contribution in [0.2, 0.25) is 0 Å². The van der Waals surface area contributed by atoms with E-state index in [0.29, 0.717) is 6.42 Å². The van der Waals surface area contributed by atoms with E-state index in [-0.39, 0.29) is 5.91 Å². The van der Waals surface area contributed by atoms with E-state index in [1.54, 1.807) is 7.05 Å². The van der Waals surface area contributed by atoms with Crippen LogP contribution >= 0.6 is 0 Å². The highest BCUT2D eigenvalue weighted by atomic mass is 16.1. The minimum absolute atomic E-state index is 0.105. The fourth-order valence-electron chi connectivity index (χ4n) is 1.41. The second-order valence-electron chi connectivity index (χ2n) is 3.88. The summed E-state index contributed by atoms with van der Waals surface area (Å²) in [4.78, 5) is 13.2. The Morgan fingerprint density at radius 2 is 2.14 bits per heavy atom. The summed E-state index contributed by atoms with van der Waals surface area (Å²) >= 11 is 0. The van der Waals surface area contributed by atoms with Crippen LogP contribution in [0.15, 0.2) is 0 Å². The van der Waals surface area contributed by atoms with Crippen LogP contribution in [0.4, 0.5) is 0 Å². The molecular weight excluding hydrogens is 178 g/mol. The van der Waals surface area contributed by atoms with Crippen LogP contribution in [0.5, 0.6) is 0 Å². The highest BCUT2D eigenvalue weighted by Crippen LogP contribution is 2.24.